The number of ether oxygens (including phenoxy) is 1. The summed E-state index contributed by atoms with van der Waals surface area (Å²) in [6, 6.07) is 13.5. The molecule has 218 valence electrons. The molecule has 2 aliphatic heterocycles. The molecule has 2 aliphatic rings. The zero-order valence-corrected chi connectivity index (χ0v) is 24.1. The number of hydrogen-bond donors (Lipinski definition) is 2. The first-order valence-electron chi connectivity index (χ1n) is 13.8. The summed E-state index contributed by atoms with van der Waals surface area (Å²) in [6.07, 6.45) is -0.0764. The van der Waals surface area contributed by atoms with Gasteiger partial charge in [0, 0.05) is 28.9 Å². The van der Waals surface area contributed by atoms with Crippen LogP contribution in [0, 0.1) is 0 Å². The molecule has 0 saturated carbocycles. The summed E-state index contributed by atoms with van der Waals surface area (Å²) in [7, 11) is 0. The maximum atomic E-state index is 12.9. The number of aryl methyl sites for hydroxylation is 1. The molecular weight excluding hydrogens is 539 g/mol. The predicted octanol–water partition coefficient (Wildman–Crippen LogP) is 6.27. The molecule has 0 aromatic heterocycles. The summed E-state index contributed by atoms with van der Waals surface area (Å²) in [5.74, 6) is -1.40. The Balaban J connectivity index is 1.27. The van der Waals surface area contributed by atoms with Gasteiger partial charge in [0.05, 0.1) is 5.92 Å². The van der Waals surface area contributed by atoms with E-state index in [1.54, 1.807) is 11.8 Å². The second-order valence-corrected chi connectivity index (χ2v) is 12.6. The number of nitrogens with one attached hydrogen (secondary N) is 2. The molecule has 4 rings (SSSR count). The largest absolute Gasteiger partial charge is 0.444 e. The fraction of sp³-hybridized carbons (Fsp3) is 0.533. The van der Waals surface area contributed by atoms with Crippen molar-refractivity contribution in [2.75, 3.05) is 26.2 Å². The van der Waals surface area contributed by atoms with E-state index in [-0.39, 0.29) is 12.1 Å². The fourth-order valence-electron chi connectivity index (χ4n) is 5.17. The lowest BCUT2D eigenvalue weighted by Crippen LogP contribution is -2.46. The van der Waals surface area contributed by atoms with Crippen molar-refractivity contribution >= 4 is 23.8 Å². The van der Waals surface area contributed by atoms with E-state index in [0.29, 0.717) is 0 Å². The fourth-order valence-corrected chi connectivity index (χ4v) is 6.37. The number of piperidine rings is 1. The Kier molecular flexibility index (Phi) is 9.72. The summed E-state index contributed by atoms with van der Waals surface area (Å²) in [5.41, 5.74) is 2.13. The van der Waals surface area contributed by atoms with Crippen LogP contribution in [-0.2, 0) is 16.0 Å². The minimum atomic E-state index is -4.46. The molecule has 1 unspecified atom stereocenters. The molecule has 0 radical (unpaired) electrons. The summed E-state index contributed by atoms with van der Waals surface area (Å²) in [4.78, 5) is 29.1. The van der Waals surface area contributed by atoms with E-state index in [2.05, 4.69) is 21.6 Å². The molecule has 40 heavy (non-hydrogen) atoms. The monoisotopic (exact) mass is 577 g/mol. The van der Waals surface area contributed by atoms with E-state index >= 15 is 0 Å². The Labute approximate surface area is 238 Å². The number of amides is 2. The Hall–Kier alpha value is -2.72. The maximum Gasteiger partial charge on any atom is 0.407 e. The number of nitrogens with zero attached hydrogens (tertiary/aromatic N) is 1. The van der Waals surface area contributed by atoms with E-state index in [0.717, 1.165) is 78.2 Å². The van der Waals surface area contributed by atoms with Crippen molar-refractivity contribution in [1.29, 1.82) is 0 Å². The lowest BCUT2D eigenvalue weighted by molar-refractivity contribution is -0.138. The standard InChI is InChI=1S/C30H38F3N3O3S/c1-29(2,3)39-28(38)35-21-13-16-36(17-14-21)15-7-6-8-20-11-12-23-25(18-20)40-24-10-5-4-9-22(24)26(23)27(37)34-19-30(31,32)33/h4-5,9-12,18,21,26H,6-8,13-17,19H2,1-3H3,(H,34,37)(H,35,38). The molecule has 1 fully saturated rings. The normalized spacial score (nSPS) is 18.0. The van der Waals surface area contributed by atoms with Crippen molar-refractivity contribution in [3.63, 3.8) is 0 Å². The van der Waals surface area contributed by atoms with Gasteiger partial charge in [0.1, 0.15) is 12.1 Å². The topological polar surface area (TPSA) is 70.7 Å². The lowest BCUT2D eigenvalue weighted by atomic mass is 9.88. The zero-order valence-electron chi connectivity index (χ0n) is 23.3. The summed E-state index contributed by atoms with van der Waals surface area (Å²) in [5, 5.41) is 5.05. The van der Waals surface area contributed by atoms with E-state index < -0.39 is 30.1 Å². The summed E-state index contributed by atoms with van der Waals surface area (Å²) < 4.78 is 43.6. The first kappa shape index (κ1) is 30.2. The van der Waals surface area contributed by atoms with Gasteiger partial charge in [-0.15, -0.1) is 0 Å². The van der Waals surface area contributed by atoms with Crippen LogP contribution in [0.3, 0.4) is 0 Å². The van der Waals surface area contributed by atoms with Gasteiger partial charge < -0.3 is 20.3 Å². The van der Waals surface area contributed by atoms with E-state index in [4.69, 9.17) is 4.74 Å². The molecule has 2 heterocycles. The molecule has 2 aromatic rings. The summed E-state index contributed by atoms with van der Waals surface area (Å²) in [6.45, 7) is 7.09. The third-order valence-corrected chi connectivity index (χ3v) is 8.23. The van der Waals surface area contributed by atoms with Crippen LogP contribution in [0.1, 0.15) is 69.1 Å². The Bertz CT molecular complexity index is 1190. The number of unbranched alkanes of at least 4 members (excludes halogenated alkanes) is 1. The SMILES string of the molecule is CC(C)(C)OC(=O)NC1CCN(CCCCc2ccc3c(c2)Sc2ccccc2C3C(=O)NCC(F)(F)F)CC1. The van der Waals surface area contributed by atoms with E-state index in [1.807, 2.05) is 57.2 Å². The molecule has 10 heteroatoms. The van der Waals surface area contributed by atoms with Crippen LogP contribution in [0.5, 0.6) is 0 Å². The summed E-state index contributed by atoms with van der Waals surface area (Å²) >= 11 is 1.56. The van der Waals surface area contributed by atoms with Gasteiger partial charge >= 0.3 is 12.3 Å². The molecule has 1 atom stereocenters. The molecule has 2 N–H and O–H groups in total. The van der Waals surface area contributed by atoms with Gasteiger partial charge in [-0.1, -0.05) is 42.1 Å². The van der Waals surface area contributed by atoms with Crippen molar-refractivity contribution in [3.05, 3.63) is 59.2 Å². The van der Waals surface area contributed by atoms with Crippen LogP contribution in [0.25, 0.3) is 0 Å². The Morgan fingerprint density at radius 3 is 2.40 bits per heavy atom. The number of carbonyl (C=O) groups excluding carboxylic acids is 2. The second kappa shape index (κ2) is 12.9. The molecule has 6 nitrogen and oxygen atoms in total. The second-order valence-electron chi connectivity index (χ2n) is 11.5. The number of rotatable bonds is 8. The van der Waals surface area contributed by atoms with Gasteiger partial charge in [-0.3, -0.25) is 4.79 Å². The number of likely N-dealkylation sites (tertiary alicyclic amines) is 1. The van der Waals surface area contributed by atoms with Crippen LogP contribution >= 0.6 is 11.8 Å². The molecule has 0 spiro atoms. The smallest absolute Gasteiger partial charge is 0.407 e. The van der Waals surface area contributed by atoms with Crippen LogP contribution < -0.4 is 10.6 Å². The molecule has 2 amide bonds. The van der Waals surface area contributed by atoms with Crippen LogP contribution in [0.4, 0.5) is 18.0 Å². The minimum Gasteiger partial charge on any atom is -0.444 e. The first-order valence-corrected chi connectivity index (χ1v) is 14.7. The minimum absolute atomic E-state index is 0.142. The van der Waals surface area contributed by atoms with Crippen LogP contribution in [-0.4, -0.2) is 60.9 Å². The molecule has 1 saturated heterocycles. The van der Waals surface area contributed by atoms with Crippen molar-refractivity contribution in [2.45, 2.75) is 86.4 Å². The van der Waals surface area contributed by atoms with Gasteiger partial charge in [-0.25, -0.2) is 4.79 Å². The highest BCUT2D eigenvalue weighted by atomic mass is 32.2. The predicted molar refractivity (Wildman–Crippen MR) is 150 cm³/mol. The average molecular weight is 578 g/mol. The molecule has 2 aromatic carbocycles. The lowest BCUT2D eigenvalue weighted by Gasteiger charge is -2.32. The Morgan fingerprint density at radius 2 is 1.70 bits per heavy atom. The van der Waals surface area contributed by atoms with Crippen molar-refractivity contribution < 1.29 is 27.5 Å². The number of alkyl halides is 3. The van der Waals surface area contributed by atoms with Gasteiger partial charge in [-0.2, -0.15) is 13.2 Å². The number of benzene rings is 2. The number of fused-ring (bicyclic) bond motifs is 2. The number of alkyl carbamates (subject to hydrolysis) is 1. The van der Waals surface area contributed by atoms with Crippen LogP contribution in [0.15, 0.2) is 52.3 Å². The van der Waals surface area contributed by atoms with Crippen molar-refractivity contribution in [3.8, 4) is 0 Å². The third kappa shape index (κ3) is 8.64. The third-order valence-electron chi connectivity index (χ3n) is 7.06. The van der Waals surface area contributed by atoms with E-state index in [1.165, 1.54) is 0 Å². The number of halogens is 3. The van der Waals surface area contributed by atoms with E-state index in [9.17, 15) is 22.8 Å². The highest BCUT2D eigenvalue weighted by Gasteiger charge is 2.34. The maximum absolute atomic E-state index is 12.9. The molecule has 0 bridgehead atoms. The van der Waals surface area contributed by atoms with Gasteiger partial charge in [-0.05, 0) is 88.2 Å². The van der Waals surface area contributed by atoms with Gasteiger partial charge in [0.25, 0.3) is 0 Å². The number of carbonyl (C=O) groups is 2. The van der Waals surface area contributed by atoms with Crippen molar-refractivity contribution in [1.82, 2.24) is 15.5 Å². The molecule has 0 aliphatic carbocycles. The molecular formula is C30H38F3N3O3S. The quantitative estimate of drug-likeness (QED) is 0.362. The number of hydrogen-bond acceptors (Lipinski definition) is 5. The Morgan fingerprint density at radius 1 is 1.00 bits per heavy atom. The zero-order chi connectivity index (χ0) is 28.9. The average Bonchev–Trinajstić information content (AvgIpc) is 2.87. The van der Waals surface area contributed by atoms with Gasteiger partial charge in [0.2, 0.25) is 5.91 Å². The first-order chi connectivity index (χ1) is 18.9. The van der Waals surface area contributed by atoms with Crippen molar-refractivity contribution in [2.24, 2.45) is 0 Å². The van der Waals surface area contributed by atoms with Crippen LogP contribution in [0.2, 0.25) is 0 Å². The van der Waals surface area contributed by atoms with Gasteiger partial charge in [0.15, 0.2) is 0 Å². The highest BCUT2D eigenvalue weighted by molar-refractivity contribution is 7.99. The highest BCUT2D eigenvalue weighted by Crippen LogP contribution is 2.46.